The molecule has 1 heterocycles. The Bertz CT molecular complexity index is 1300. The molecule has 0 fully saturated rings. The molecule has 0 atom stereocenters. The summed E-state index contributed by atoms with van der Waals surface area (Å²) in [7, 11) is 0. The Hall–Kier alpha value is -4.98. The Morgan fingerprint density at radius 2 is 1.00 bits per heavy atom. The number of ether oxygens (including phenoxy) is 3. The standard InChI is InChI=1S/C29H24N2O6/c30-24-16-23(27(32)35-17-20-10-4-1-5-11-20)25(28(33)36-18-21-12-6-2-7-13-21)26(31-24)29(34)37-19-22-14-8-3-9-15-22/h1-16H,17-19H2,(H2,30,31). The molecule has 2 N–H and O–H groups in total. The van der Waals surface area contributed by atoms with Crippen molar-refractivity contribution in [3.05, 3.63) is 131 Å². The predicted octanol–water partition coefficient (Wildman–Crippen LogP) is 4.73. The highest BCUT2D eigenvalue weighted by Crippen LogP contribution is 2.22. The molecule has 3 aromatic carbocycles. The molecule has 37 heavy (non-hydrogen) atoms. The van der Waals surface area contributed by atoms with Crippen LogP contribution in [-0.4, -0.2) is 22.9 Å². The zero-order chi connectivity index (χ0) is 26.0. The second kappa shape index (κ2) is 12.1. The maximum atomic E-state index is 13.2. The summed E-state index contributed by atoms with van der Waals surface area (Å²) in [6, 6.07) is 28.2. The van der Waals surface area contributed by atoms with E-state index in [1.54, 1.807) is 72.8 Å². The van der Waals surface area contributed by atoms with Crippen molar-refractivity contribution in [2.75, 3.05) is 5.73 Å². The fraction of sp³-hybridized carbons (Fsp3) is 0.103. The molecule has 4 aromatic rings. The van der Waals surface area contributed by atoms with Gasteiger partial charge in [-0.15, -0.1) is 0 Å². The molecule has 0 spiro atoms. The van der Waals surface area contributed by atoms with Gasteiger partial charge in [0, 0.05) is 0 Å². The average Bonchev–Trinajstić information content (AvgIpc) is 2.94. The number of pyridine rings is 1. The van der Waals surface area contributed by atoms with Gasteiger partial charge in [-0.05, 0) is 22.8 Å². The van der Waals surface area contributed by atoms with Gasteiger partial charge >= 0.3 is 17.9 Å². The first-order valence-corrected chi connectivity index (χ1v) is 11.4. The van der Waals surface area contributed by atoms with E-state index in [2.05, 4.69) is 4.98 Å². The Kier molecular flexibility index (Phi) is 8.23. The summed E-state index contributed by atoms with van der Waals surface area (Å²) < 4.78 is 16.2. The van der Waals surface area contributed by atoms with E-state index in [0.29, 0.717) is 0 Å². The number of anilines is 1. The van der Waals surface area contributed by atoms with Gasteiger partial charge in [0.2, 0.25) is 0 Å². The third-order valence-corrected chi connectivity index (χ3v) is 5.29. The van der Waals surface area contributed by atoms with Crippen molar-refractivity contribution in [3.63, 3.8) is 0 Å². The van der Waals surface area contributed by atoms with Gasteiger partial charge in [-0.2, -0.15) is 0 Å². The number of carbonyl (C=O) groups is 3. The molecule has 0 amide bonds. The van der Waals surface area contributed by atoms with E-state index in [0.717, 1.165) is 16.7 Å². The Morgan fingerprint density at radius 3 is 1.46 bits per heavy atom. The summed E-state index contributed by atoms with van der Waals surface area (Å²) in [6.07, 6.45) is 0. The van der Waals surface area contributed by atoms with Crippen LogP contribution in [0, 0.1) is 0 Å². The molecule has 0 radical (unpaired) electrons. The van der Waals surface area contributed by atoms with E-state index in [9.17, 15) is 14.4 Å². The van der Waals surface area contributed by atoms with Crippen LogP contribution >= 0.6 is 0 Å². The first-order chi connectivity index (χ1) is 18.0. The van der Waals surface area contributed by atoms with Crippen molar-refractivity contribution < 1.29 is 28.6 Å². The second-order valence-corrected chi connectivity index (χ2v) is 8.00. The van der Waals surface area contributed by atoms with Gasteiger partial charge in [0.25, 0.3) is 0 Å². The van der Waals surface area contributed by atoms with Crippen LogP contribution in [0.5, 0.6) is 0 Å². The van der Waals surface area contributed by atoms with Crippen LogP contribution in [0.2, 0.25) is 0 Å². The number of carbonyl (C=O) groups excluding carboxylic acids is 3. The maximum absolute atomic E-state index is 13.2. The molecule has 0 saturated carbocycles. The van der Waals surface area contributed by atoms with E-state index in [-0.39, 0.29) is 36.8 Å². The van der Waals surface area contributed by atoms with Crippen molar-refractivity contribution in [1.82, 2.24) is 4.98 Å². The molecule has 1 aromatic heterocycles. The quantitative estimate of drug-likeness (QED) is 0.261. The predicted molar refractivity (Wildman–Crippen MR) is 135 cm³/mol. The number of nitrogens with zero attached hydrogens (tertiary/aromatic N) is 1. The van der Waals surface area contributed by atoms with Crippen LogP contribution in [0.3, 0.4) is 0 Å². The fourth-order valence-corrected chi connectivity index (χ4v) is 3.47. The fourth-order valence-electron chi connectivity index (χ4n) is 3.47. The highest BCUT2D eigenvalue weighted by atomic mass is 16.5. The summed E-state index contributed by atoms with van der Waals surface area (Å²) in [6.45, 7) is -0.197. The smallest absolute Gasteiger partial charge is 0.358 e. The number of nitrogens with two attached hydrogens (primary N) is 1. The van der Waals surface area contributed by atoms with Crippen molar-refractivity contribution in [3.8, 4) is 0 Å². The summed E-state index contributed by atoms with van der Waals surface area (Å²) in [5.41, 5.74) is 7.06. The lowest BCUT2D eigenvalue weighted by Crippen LogP contribution is -2.22. The number of nitrogen functional groups attached to an aromatic ring is 1. The van der Waals surface area contributed by atoms with E-state index in [1.807, 2.05) is 18.2 Å². The maximum Gasteiger partial charge on any atom is 0.358 e. The molecule has 8 nitrogen and oxygen atoms in total. The number of hydrogen-bond donors (Lipinski definition) is 1. The van der Waals surface area contributed by atoms with Gasteiger partial charge < -0.3 is 19.9 Å². The van der Waals surface area contributed by atoms with Crippen LogP contribution in [0.15, 0.2) is 97.1 Å². The SMILES string of the molecule is Nc1cc(C(=O)OCc2ccccc2)c(C(=O)OCc2ccccc2)c(C(=O)OCc2ccccc2)n1. The number of esters is 3. The second-order valence-electron chi connectivity index (χ2n) is 8.00. The number of hydrogen-bond acceptors (Lipinski definition) is 8. The molecule has 0 aliphatic rings. The third kappa shape index (κ3) is 6.79. The zero-order valence-corrected chi connectivity index (χ0v) is 19.8. The minimum absolute atomic E-state index is 0.0474. The number of aromatic nitrogens is 1. The lowest BCUT2D eigenvalue weighted by Gasteiger charge is -2.14. The number of benzene rings is 3. The Labute approximate surface area is 213 Å². The monoisotopic (exact) mass is 496 g/mol. The van der Waals surface area contributed by atoms with Gasteiger partial charge in [0.15, 0.2) is 5.69 Å². The lowest BCUT2D eigenvalue weighted by molar-refractivity contribution is 0.0400. The number of rotatable bonds is 9. The van der Waals surface area contributed by atoms with Crippen LogP contribution in [0.1, 0.15) is 47.9 Å². The molecule has 0 unspecified atom stereocenters. The Balaban J connectivity index is 1.63. The highest BCUT2D eigenvalue weighted by molar-refractivity contribution is 6.10. The van der Waals surface area contributed by atoms with Gasteiger partial charge in [0.05, 0.1) is 5.56 Å². The van der Waals surface area contributed by atoms with E-state index >= 15 is 0 Å². The third-order valence-electron chi connectivity index (χ3n) is 5.29. The molecular formula is C29H24N2O6. The summed E-state index contributed by atoms with van der Waals surface area (Å²) >= 11 is 0. The lowest BCUT2D eigenvalue weighted by atomic mass is 10.1. The minimum Gasteiger partial charge on any atom is -0.457 e. The molecule has 4 rings (SSSR count). The molecule has 0 saturated heterocycles. The summed E-state index contributed by atoms with van der Waals surface area (Å²) in [5, 5.41) is 0. The average molecular weight is 497 g/mol. The van der Waals surface area contributed by atoms with Crippen LogP contribution < -0.4 is 5.73 Å². The first kappa shape index (κ1) is 25.1. The van der Waals surface area contributed by atoms with Gasteiger partial charge in [-0.25, -0.2) is 19.4 Å². The zero-order valence-electron chi connectivity index (χ0n) is 19.8. The topological polar surface area (TPSA) is 118 Å². The molecule has 0 bridgehead atoms. The Morgan fingerprint density at radius 1 is 0.595 bits per heavy atom. The van der Waals surface area contributed by atoms with E-state index < -0.39 is 23.6 Å². The largest absolute Gasteiger partial charge is 0.457 e. The van der Waals surface area contributed by atoms with Crippen LogP contribution in [0.25, 0.3) is 0 Å². The molecule has 0 aliphatic carbocycles. The molecular weight excluding hydrogens is 472 g/mol. The van der Waals surface area contributed by atoms with Gasteiger partial charge in [-0.1, -0.05) is 91.0 Å². The molecule has 0 aliphatic heterocycles. The summed E-state index contributed by atoms with van der Waals surface area (Å²) in [5.74, 6) is -2.88. The first-order valence-electron chi connectivity index (χ1n) is 11.4. The van der Waals surface area contributed by atoms with E-state index in [1.165, 1.54) is 6.07 Å². The van der Waals surface area contributed by atoms with Crippen LogP contribution in [0.4, 0.5) is 5.82 Å². The van der Waals surface area contributed by atoms with Crippen molar-refractivity contribution in [2.45, 2.75) is 19.8 Å². The highest BCUT2D eigenvalue weighted by Gasteiger charge is 2.30. The molecule has 186 valence electrons. The van der Waals surface area contributed by atoms with Crippen molar-refractivity contribution >= 4 is 23.7 Å². The van der Waals surface area contributed by atoms with Gasteiger partial charge in [0.1, 0.15) is 31.2 Å². The minimum atomic E-state index is -0.935. The van der Waals surface area contributed by atoms with Crippen molar-refractivity contribution in [1.29, 1.82) is 0 Å². The van der Waals surface area contributed by atoms with Gasteiger partial charge in [-0.3, -0.25) is 0 Å². The van der Waals surface area contributed by atoms with Crippen molar-refractivity contribution in [2.24, 2.45) is 0 Å². The summed E-state index contributed by atoms with van der Waals surface area (Å²) in [4.78, 5) is 43.3. The van der Waals surface area contributed by atoms with E-state index in [4.69, 9.17) is 19.9 Å². The normalized spacial score (nSPS) is 10.4. The molecule has 8 heteroatoms. The van der Waals surface area contributed by atoms with Crippen LogP contribution in [-0.2, 0) is 34.0 Å².